The number of nitrogens with zero attached hydrogens (tertiary/aromatic N) is 4. The molecule has 4 heterocycles. The van der Waals surface area contributed by atoms with Gasteiger partial charge in [0.05, 0.1) is 17.8 Å². The third-order valence-corrected chi connectivity index (χ3v) is 6.84. The molecule has 0 radical (unpaired) electrons. The molecule has 2 atom stereocenters. The molecule has 5 rings (SSSR count). The minimum absolute atomic E-state index is 0.112. The second kappa shape index (κ2) is 9.91. The molecule has 1 saturated heterocycles. The van der Waals surface area contributed by atoms with Crippen molar-refractivity contribution in [1.82, 2.24) is 24.8 Å². The van der Waals surface area contributed by atoms with Crippen LogP contribution in [0.3, 0.4) is 0 Å². The smallest absolute Gasteiger partial charge is 0.244 e. The first kappa shape index (κ1) is 23.7. The van der Waals surface area contributed by atoms with E-state index in [-0.39, 0.29) is 24.5 Å². The van der Waals surface area contributed by atoms with E-state index in [0.29, 0.717) is 5.11 Å². The molecule has 2 N–H and O–H groups in total. The summed E-state index contributed by atoms with van der Waals surface area (Å²) in [4.78, 5) is 24.3. The summed E-state index contributed by atoms with van der Waals surface area (Å²) in [5.74, 6) is 0.735. The Kier molecular flexibility index (Phi) is 6.52. The molecular formula is C28H28N6OS. The van der Waals surface area contributed by atoms with E-state index in [9.17, 15) is 4.79 Å². The van der Waals surface area contributed by atoms with Crippen LogP contribution in [0.2, 0.25) is 0 Å². The molecule has 0 saturated carbocycles. The van der Waals surface area contributed by atoms with Crippen LogP contribution in [0, 0.1) is 20.8 Å². The number of nitrogens with one attached hydrogen (secondary N) is 2. The predicted molar refractivity (Wildman–Crippen MR) is 145 cm³/mol. The summed E-state index contributed by atoms with van der Waals surface area (Å²) in [6.07, 6.45) is 3.61. The lowest BCUT2D eigenvalue weighted by Gasteiger charge is -2.27. The van der Waals surface area contributed by atoms with Crippen molar-refractivity contribution in [2.24, 2.45) is 0 Å². The van der Waals surface area contributed by atoms with Crippen molar-refractivity contribution in [2.75, 3.05) is 11.9 Å². The van der Waals surface area contributed by atoms with E-state index in [2.05, 4.69) is 58.1 Å². The Morgan fingerprint density at radius 1 is 1.00 bits per heavy atom. The number of amides is 1. The summed E-state index contributed by atoms with van der Waals surface area (Å²) in [5, 5.41) is 6.94. The van der Waals surface area contributed by atoms with Crippen LogP contribution in [0.25, 0.3) is 5.82 Å². The molecule has 0 bridgehead atoms. The van der Waals surface area contributed by atoms with Gasteiger partial charge in [0.1, 0.15) is 12.4 Å². The second-order valence-corrected chi connectivity index (χ2v) is 9.41. The van der Waals surface area contributed by atoms with Crippen molar-refractivity contribution >= 4 is 28.9 Å². The SMILES string of the molecule is Cc1ccnc(-n2c(C)cc([C@H]3[C@@H](c4ccccn4)NC(=S)N3CC(=O)Nc3ccccc3)c2C)c1. The third-order valence-electron chi connectivity index (χ3n) is 6.49. The Morgan fingerprint density at radius 2 is 1.78 bits per heavy atom. The normalized spacial score (nSPS) is 17.2. The highest BCUT2D eigenvalue weighted by atomic mass is 32.1. The van der Waals surface area contributed by atoms with Gasteiger partial charge in [-0.05, 0) is 86.6 Å². The van der Waals surface area contributed by atoms with E-state index < -0.39 is 0 Å². The average molecular weight is 497 g/mol. The van der Waals surface area contributed by atoms with Gasteiger partial charge < -0.3 is 20.1 Å². The highest BCUT2D eigenvalue weighted by Gasteiger charge is 2.42. The summed E-state index contributed by atoms with van der Waals surface area (Å²) >= 11 is 5.76. The van der Waals surface area contributed by atoms with Gasteiger partial charge in [-0.15, -0.1) is 0 Å². The lowest BCUT2D eigenvalue weighted by atomic mass is 9.96. The zero-order valence-electron chi connectivity index (χ0n) is 20.5. The topological polar surface area (TPSA) is 75.1 Å². The van der Waals surface area contributed by atoms with Crippen LogP contribution in [0.1, 0.15) is 40.3 Å². The standard InChI is InChI=1S/C28H28N6OS/c1-18-12-14-30-24(15-18)34-19(2)16-22(20(34)3)27-26(23-11-7-8-13-29-23)32-28(36)33(27)17-25(35)31-21-9-5-4-6-10-21/h4-16,26-27H,17H2,1-3H3,(H,31,35)(H,32,36)/t26-,27+/m1/s1. The molecule has 1 fully saturated rings. The molecule has 4 aromatic rings. The van der Waals surface area contributed by atoms with E-state index in [0.717, 1.165) is 39.7 Å². The van der Waals surface area contributed by atoms with Crippen molar-refractivity contribution in [2.45, 2.75) is 32.9 Å². The third kappa shape index (κ3) is 4.59. The fraction of sp³-hybridized carbons (Fsp3) is 0.214. The number of carbonyl (C=O) groups excluding carboxylic acids is 1. The van der Waals surface area contributed by atoms with Gasteiger partial charge in [-0.3, -0.25) is 9.78 Å². The predicted octanol–water partition coefficient (Wildman–Crippen LogP) is 4.80. The molecule has 8 heteroatoms. The largest absolute Gasteiger partial charge is 0.352 e. The van der Waals surface area contributed by atoms with E-state index in [4.69, 9.17) is 12.2 Å². The Morgan fingerprint density at radius 3 is 2.50 bits per heavy atom. The van der Waals surface area contributed by atoms with Gasteiger partial charge in [-0.2, -0.15) is 0 Å². The molecule has 0 aliphatic carbocycles. The van der Waals surface area contributed by atoms with Gasteiger partial charge in [0.25, 0.3) is 0 Å². The van der Waals surface area contributed by atoms with E-state index in [1.807, 2.05) is 65.7 Å². The van der Waals surface area contributed by atoms with Crippen molar-refractivity contribution < 1.29 is 4.79 Å². The van der Waals surface area contributed by atoms with Crippen molar-refractivity contribution in [3.05, 3.63) is 107 Å². The van der Waals surface area contributed by atoms with Crippen LogP contribution in [-0.2, 0) is 4.79 Å². The molecule has 1 aliphatic rings. The molecule has 1 aliphatic heterocycles. The molecule has 1 aromatic carbocycles. The first-order valence-corrected chi connectivity index (χ1v) is 12.3. The first-order chi connectivity index (χ1) is 17.4. The van der Waals surface area contributed by atoms with Crippen molar-refractivity contribution in [3.8, 4) is 5.82 Å². The van der Waals surface area contributed by atoms with E-state index >= 15 is 0 Å². The number of hydrogen-bond acceptors (Lipinski definition) is 4. The fourth-order valence-electron chi connectivity index (χ4n) is 4.87. The number of benzene rings is 1. The molecule has 7 nitrogen and oxygen atoms in total. The monoisotopic (exact) mass is 496 g/mol. The number of hydrogen-bond donors (Lipinski definition) is 2. The number of thiocarbonyl (C=S) groups is 1. The van der Waals surface area contributed by atoms with E-state index in [1.54, 1.807) is 6.20 Å². The van der Waals surface area contributed by atoms with Crippen LogP contribution in [0.15, 0.2) is 79.1 Å². The second-order valence-electron chi connectivity index (χ2n) is 9.02. The Hall–Kier alpha value is -4.04. The van der Waals surface area contributed by atoms with Crippen LogP contribution in [0.4, 0.5) is 5.69 Å². The zero-order valence-corrected chi connectivity index (χ0v) is 21.3. The number of aryl methyl sites for hydroxylation is 2. The molecule has 182 valence electrons. The van der Waals surface area contributed by atoms with Gasteiger partial charge in [0, 0.05) is 29.5 Å². The first-order valence-electron chi connectivity index (χ1n) is 11.9. The maximum atomic E-state index is 13.1. The number of rotatable bonds is 6. The average Bonchev–Trinajstić information content (AvgIpc) is 3.35. The molecule has 0 spiro atoms. The van der Waals surface area contributed by atoms with Gasteiger partial charge in [0.15, 0.2) is 5.11 Å². The van der Waals surface area contributed by atoms with E-state index in [1.165, 1.54) is 0 Å². The lowest BCUT2D eigenvalue weighted by Crippen LogP contribution is -2.37. The maximum absolute atomic E-state index is 13.1. The number of carbonyl (C=O) groups is 1. The quantitative estimate of drug-likeness (QED) is 0.374. The number of pyridine rings is 2. The fourth-order valence-corrected chi connectivity index (χ4v) is 5.18. The van der Waals surface area contributed by atoms with Gasteiger partial charge in [-0.25, -0.2) is 4.98 Å². The highest BCUT2D eigenvalue weighted by molar-refractivity contribution is 7.80. The number of anilines is 1. The molecular weight excluding hydrogens is 468 g/mol. The van der Waals surface area contributed by atoms with Crippen molar-refractivity contribution in [3.63, 3.8) is 0 Å². The van der Waals surface area contributed by atoms with Gasteiger partial charge in [-0.1, -0.05) is 24.3 Å². The van der Waals surface area contributed by atoms with Crippen LogP contribution in [-0.4, -0.2) is 37.0 Å². The minimum Gasteiger partial charge on any atom is -0.352 e. The summed E-state index contributed by atoms with van der Waals surface area (Å²) in [6.45, 7) is 6.33. The number of aromatic nitrogens is 3. The maximum Gasteiger partial charge on any atom is 0.244 e. The molecule has 36 heavy (non-hydrogen) atoms. The zero-order chi connectivity index (χ0) is 25.2. The van der Waals surface area contributed by atoms with Gasteiger partial charge >= 0.3 is 0 Å². The lowest BCUT2D eigenvalue weighted by molar-refractivity contribution is -0.116. The summed E-state index contributed by atoms with van der Waals surface area (Å²) < 4.78 is 2.15. The Labute approximate surface area is 216 Å². The van der Waals surface area contributed by atoms with Crippen molar-refractivity contribution in [1.29, 1.82) is 0 Å². The highest BCUT2D eigenvalue weighted by Crippen LogP contribution is 2.41. The van der Waals surface area contributed by atoms with Crippen LogP contribution < -0.4 is 10.6 Å². The Balaban J connectivity index is 1.54. The minimum atomic E-state index is -0.223. The summed E-state index contributed by atoms with van der Waals surface area (Å²) in [5.41, 5.74) is 5.95. The van der Waals surface area contributed by atoms with Crippen LogP contribution in [0.5, 0.6) is 0 Å². The Bertz CT molecular complexity index is 1400. The molecule has 0 unspecified atom stereocenters. The van der Waals surface area contributed by atoms with Crippen LogP contribution >= 0.6 is 12.2 Å². The van der Waals surface area contributed by atoms with Gasteiger partial charge in [0.2, 0.25) is 5.91 Å². The molecule has 3 aromatic heterocycles. The number of para-hydroxylation sites is 1. The molecule has 1 amide bonds. The summed E-state index contributed by atoms with van der Waals surface area (Å²) in [7, 11) is 0. The summed E-state index contributed by atoms with van der Waals surface area (Å²) in [6, 6.07) is 21.1.